The van der Waals surface area contributed by atoms with Crippen molar-refractivity contribution < 1.29 is 4.79 Å². The van der Waals surface area contributed by atoms with Crippen molar-refractivity contribution in [1.29, 1.82) is 0 Å². The summed E-state index contributed by atoms with van der Waals surface area (Å²) >= 11 is 4.16. The fourth-order valence-corrected chi connectivity index (χ4v) is 1.66. The molecule has 70 valence electrons. The second kappa shape index (κ2) is 5.07. The lowest BCUT2D eigenvalue weighted by molar-refractivity contribution is 0.0930. The lowest BCUT2D eigenvalue weighted by Crippen LogP contribution is -2.15. The van der Waals surface area contributed by atoms with Crippen LogP contribution in [0.15, 0.2) is 30.3 Å². The number of hydrogen-bond acceptors (Lipinski definition) is 2. The standard InChI is InChI=1S/C11H14OS/c1-2-9(8-13)11(12)10-6-4-3-5-7-10/h3-7,9,13H,2,8H2,1H3/t9-/m0/s1. The molecule has 0 N–H and O–H groups in total. The zero-order chi connectivity index (χ0) is 9.68. The van der Waals surface area contributed by atoms with Crippen molar-refractivity contribution in [3.8, 4) is 0 Å². The van der Waals surface area contributed by atoms with Crippen LogP contribution in [0, 0.1) is 5.92 Å². The van der Waals surface area contributed by atoms with Gasteiger partial charge in [0.2, 0.25) is 0 Å². The van der Waals surface area contributed by atoms with E-state index in [1.165, 1.54) is 0 Å². The molecule has 1 rings (SSSR count). The van der Waals surface area contributed by atoms with Crippen LogP contribution in [0.3, 0.4) is 0 Å². The van der Waals surface area contributed by atoms with Crippen LogP contribution in [-0.2, 0) is 0 Å². The quantitative estimate of drug-likeness (QED) is 0.576. The molecule has 0 aliphatic carbocycles. The molecule has 0 amide bonds. The summed E-state index contributed by atoms with van der Waals surface area (Å²) in [5, 5.41) is 0. The maximum absolute atomic E-state index is 11.8. The van der Waals surface area contributed by atoms with E-state index >= 15 is 0 Å². The van der Waals surface area contributed by atoms with Crippen molar-refractivity contribution in [1.82, 2.24) is 0 Å². The van der Waals surface area contributed by atoms with Gasteiger partial charge in [-0.05, 0) is 6.42 Å². The Labute approximate surface area is 84.6 Å². The number of thiol groups is 1. The Bertz CT molecular complexity index is 265. The van der Waals surface area contributed by atoms with Crippen LogP contribution in [0.4, 0.5) is 0 Å². The Morgan fingerprint density at radius 3 is 2.46 bits per heavy atom. The Balaban J connectivity index is 2.78. The van der Waals surface area contributed by atoms with Crippen LogP contribution in [0.25, 0.3) is 0 Å². The van der Waals surface area contributed by atoms with E-state index in [1.54, 1.807) is 0 Å². The molecular formula is C11H14OS. The first-order chi connectivity index (χ1) is 6.29. The Morgan fingerprint density at radius 1 is 1.38 bits per heavy atom. The highest BCUT2D eigenvalue weighted by atomic mass is 32.1. The molecule has 0 saturated carbocycles. The Kier molecular flexibility index (Phi) is 4.03. The number of carbonyl (C=O) groups excluding carboxylic acids is 1. The van der Waals surface area contributed by atoms with E-state index < -0.39 is 0 Å². The summed E-state index contributed by atoms with van der Waals surface area (Å²) in [5.41, 5.74) is 0.795. The minimum Gasteiger partial charge on any atom is -0.294 e. The smallest absolute Gasteiger partial charge is 0.166 e. The summed E-state index contributed by atoms with van der Waals surface area (Å²) in [7, 11) is 0. The van der Waals surface area contributed by atoms with Gasteiger partial charge in [-0.1, -0.05) is 37.3 Å². The molecular weight excluding hydrogens is 180 g/mol. The number of rotatable bonds is 4. The minimum absolute atomic E-state index is 0.0609. The van der Waals surface area contributed by atoms with E-state index in [0.717, 1.165) is 12.0 Å². The third kappa shape index (κ3) is 2.59. The summed E-state index contributed by atoms with van der Waals surface area (Å²) in [6, 6.07) is 9.40. The van der Waals surface area contributed by atoms with Gasteiger partial charge in [0.25, 0.3) is 0 Å². The maximum atomic E-state index is 11.8. The van der Waals surface area contributed by atoms with E-state index in [9.17, 15) is 4.79 Å². The first-order valence-corrected chi connectivity index (χ1v) is 5.13. The third-order valence-electron chi connectivity index (χ3n) is 2.14. The van der Waals surface area contributed by atoms with E-state index in [0.29, 0.717) is 5.75 Å². The molecule has 0 unspecified atom stereocenters. The molecule has 2 heteroatoms. The van der Waals surface area contributed by atoms with Crippen molar-refractivity contribution in [2.75, 3.05) is 5.75 Å². The molecule has 1 aromatic carbocycles. The van der Waals surface area contributed by atoms with Crippen molar-refractivity contribution in [2.45, 2.75) is 13.3 Å². The first kappa shape index (κ1) is 10.3. The van der Waals surface area contributed by atoms with Crippen LogP contribution in [0.2, 0.25) is 0 Å². The van der Waals surface area contributed by atoms with Crippen LogP contribution < -0.4 is 0 Å². The van der Waals surface area contributed by atoms with E-state index in [1.807, 2.05) is 37.3 Å². The van der Waals surface area contributed by atoms with Gasteiger partial charge >= 0.3 is 0 Å². The van der Waals surface area contributed by atoms with Crippen LogP contribution in [0.5, 0.6) is 0 Å². The minimum atomic E-state index is 0.0609. The van der Waals surface area contributed by atoms with Gasteiger partial charge in [-0.2, -0.15) is 12.6 Å². The van der Waals surface area contributed by atoms with Gasteiger partial charge in [0.1, 0.15) is 0 Å². The first-order valence-electron chi connectivity index (χ1n) is 4.49. The number of ketones is 1. The van der Waals surface area contributed by atoms with E-state index in [4.69, 9.17) is 0 Å². The van der Waals surface area contributed by atoms with Gasteiger partial charge < -0.3 is 0 Å². The zero-order valence-corrected chi connectivity index (χ0v) is 8.63. The number of benzene rings is 1. The number of Topliss-reactive ketones (excluding diaryl/α,β-unsaturated/α-hetero) is 1. The lowest BCUT2D eigenvalue weighted by atomic mass is 9.97. The molecule has 1 atom stereocenters. The van der Waals surface area contributed by atoms with Gasteiger partial charge in [0.05, 0.1) is 0 Å². The zero-order valence-electron chi connectivity index (χ0n) is 7.73. The fraction of sp³-hybridized carbons (Fsp3) is 0.364. The average Bonchev–Trinajstić information content (AvgIpc) is 2.21. The summed E-state index contributed by atoms with van der Waals surface area (Å²) in [4.78, 5) is 11.8. The van der Waals surface area contributed by atoms with Crippen LogP contribution in [-0.4, -0.2) is 11.5 Å². The van der Waals surface area contributed by atoms with Gasteiger partial charge in [0, 0.05) is 17.2 Å². The average molecular weight is 194 g/mol. The second-order valence-corrected chi connectivity index (χ2v) is 3.38. The Morgan fingerprint density at radius 2 is 2.00 bits per heavy atom. The maximum Gasteiger partial charge on any atom is 0.166 e. The molecule has 1 nitrogen and oxygen atoms in total. The molecule has 0 aliphatic rings. The molecule has 0 bridgehead atoms. The predicted molar refractivity (Wildman–Crippen MR) is 58.4 cm³/mol. The molecule has 0 heterocycles. The van der Waals surface area contributed by atoms with Gasteiger partial charge in [-0.15, -0.1) is 0 Å². The highest BCUT2D eigenvalue weighted by Crippen LogP contribution is 2.13. The summed E-state index contributed by atoms with van der Waals surface area (Å²) in [6.45, 7) is 2.02. The SMILES string of the molecule is CC[C@@H](CS)C(=O)c1ccccc1. The molecule has 0 saturated heterocycles. The van der Waals surface area contributed by atoms with Crippen molar-refractivity contribution in [3.63, 3.8) is 0 Å². The summed E-state index contributed by atoms with van der Waals surface area (Å²) in [6.07, 6.45) is 0.858. The van der Waals surface area contributed by atoms with Crippen molar-refractivity contribution in [3.05, 3.63) is 35.9 Å². The monoisotopic (exact) mass is 194 g/mol. The normalized spacial score (nSPS) is 12.5. The molecule has 13 heavy (non-hydrogen) atoms. The Hall–Kier alpha value is -0.760. The number of carbonyl (C=O) groups is 1. The van der Waals surface area contributed by atoms with Crippen LogP contribution in [0.1, 0.15) is 23.7 Å². The van der Waals surface area contributed by atoms with Crippen molar-refractivity contribution in [2.24, 2.45) is 5.92 Å². The molecule has 0 spiro atoms. The molecule has 1 aromatic rings. The molecule has 0 fully saturated rings. The van der Waals surface area contributed by atoms with E-state index in [2.05, 4.69) is 12.6 Å². The predicted octanol–water partition coefficient (Wildman–Crippen LogP) is 2.83. The molecule has 0 radical (unpaired) electrons. The van der Waals surface area contributed by atoms with Gasteiger partial charge in [-0.3, -0.25) is 4.79 Å². The number of hydrogen-bond donors (Lipinski definition) is 1. The highest BCUT2D eigenvalue weighted by molar-refractivity contribution is 7.80. The summed E-state index contributed by atoms with van der Waals surface area (Å²) in [5.74, 6) is 0.897. The third-order valence-corrected chi connectivity index (χ3v) is 2.58. The fourth-order valence-electron chi connectivity index (χ4n) is 1.24. The summed E-state index contributed by atoms with van der Waals surface area (Å²) < 4.78 is 0. The van der Waals surface area contributed by atoms with E-state index in [-0.39, 0.29) is 11.7 Å². The van der Waals surface area contributed by atoms with Crippen LogP contribution >= 0.6 is 12.6 Å². The molecule has 0 aliphatic heterocycles. The van der Waals surface area contributed by atoms with Gasteiger partial charge in [0.15, 0.2) is 5.78 Å². The largest absolute Gasteiger partial charge is 0.294 e. The lowest BCUT2D eigenvalue weighted by Gasteiger charge is -2.09. The topological polar surface area (TPSA) is 17.1 Å². The van der Waals surface area contributed by atoms with Gasteiger partial charge in [-0.25, -0.2) is 0 Å². The second-order valence-electron chi connectivity index (χ2n) is 3.02. The highest BCUT2D eigenvalue weighted by Gasteiger charge is 2.15. The molecule has 0 aromatic heterocycles. The van der Waals surface area contributed by atoms with Crippen molar-refractivity contribution >= 4 is 18.4 Å².